The van der Waals surface area contributed by atoms with Crippen LogP contribution in [-0.2, 0) is 0 Å². The van der Waals surface area contributed by atoms with Crippen molar-refractivity contribution in [2.24, 2.45) is 0 Å². The van der Waals surface area contributed by atoms with Crippen LogP contribution in [0, 0.1) is 6.92 Å². The Morgan fingerprint density at radius 3 is 2.67 bits per heavy atom. The van der Waals surface area contributed by atoms with E-state index >= 15 is 0 Å². The third kappa shape index (κ3) is 4.80. The summed E-state index contributed by atoms with van der Waals surface area (Å²) in [5.41, 5.74) is 1.51. The molecule has 1 aromatic carbocycles. The maximum Gasteiger partial charge on any atom is 0.265 e. The molecule has 0 saturated heterocycles. The molecule has 27 heavy (non-hydrogen) atoms. The molecule has 2 aromatic heterocycles. The molecular formula is C19H18ClN3O2S2. The number of amides is 1. The Morgan fingerprint density at radius 2 is 2.00 bits per heavy atom. The second-order valence-corrected chi connectivity index (χ2v) is 8.62. The first-order valence-corrected chi connectivity index (χ1v) is 10.4. The van der Waals surface area contributed by atoms with E-state index in [0.717, 1.165) is 21.1 Å². The summed E-state index contributed by atoms with van der Waals surface area (Å²) in [4.78, 5) is 23.9. The van der Waals surface area contributed by atoms with Gasteiger partial charge in [0.15, 0.2) is 11.6 Å². The third-order valence-corrected chi connectivity index (χ3v) is 5.81. The number of benzene rings is 1. The number of rotatable bonds is 6. The van der Waals surface area contributed by atoms with Gasteiger partial charge in [0.05, 0.1) is 24.4 Å². The van der Waals surface area contributed by atoms with Gasteiger partial charge >= 0.3 is 0 Å². The molecule has 140 valence electrons. The fourth-order valence-corrected chi connectivity index (χ4v) is 4.42. The molecule has 0 radical (unpaired) electrons. The van der Waals surface area contributed by atoms with Gasteiger partial charge < -0.3 is 10.1 Å². The molecule has 2 heterocycles. The lowest BCUT2D eigenvalue weighted by atomic mass is 10.2. The fraction of sp³-hybridized carbons (Fsp3) is 0.211. The highest BCUT2D eigenvalue weighted by Gasteiger charge is 2.16. The number of anilines is 1. The monoisotopic (exact) mass is 419 g/mol. The summed E-state index contributed by atoms with van der Waals surface area (Å²) in [6, 6.07) is 7.36. The number of nitrogens with one attached hydrogen (secondary N) is 1. The molecule has 3 aromatic rings. The number of halogens is 1. The van der Waals surface area contributed by atoms with Crippen molar-refractivity contribution in [2.75, 3.05) is 18.2 Å². The van der Waals surface area contributed by atoms with Gasteiger partial charge in [-0.2, -0.15) is 0 Å². The number of carbonyl (C=O) groups excluding carboxylic acids is 1. The highest BCUT2D eigenvalue weighted by Crippen LogP contribution is 2.31. The zero-order chi connectivity index (χ0) is 19.4. The topological polar surface area (TPSA) is 64.1 Å². The maximum absolute atomic E-state index is 12.7. The Labute approximate surface area is 171 Å². The minimum absolute atomic E-state index is 0.183. The van der Waals surface area contributed by atoms with E-state index in [1.54, 1.807) is 37.3 Å². The lowest BCUT2D eigenvalue weighted by Crippen LogP contribution is -2.10. The van der Waals surface area contributed by atoms with Gasteiger partial charge in [0.2, 0.25) is 0 Å². The van der Waals surface area contributed by atoms with E-state index in [1.807, 2.05) is 25.1 Å². The number of aryl methyl sites for hydroxylation is 1. The number of methoxy groups -OCH3 is 1. The highest BCUT2D eigenvalue weighted by molar-refractivity contribution is 7.99. The summed E-state index contributed by atoms with van der Waals surface area (Å²) in [6.45, 7) is 4.01. The van der Waals surface area contributed by atoms with Crippen molar-refractivity contribution < 1.29 is 9.53 Å². The molecule has 0 fully saturated rings. The smallest absolute Gasteiger partial charge is 0.265 e. The van der Waals surface area contributed by atoms with Crippen LogP contribution in [0.2, 0.25) is 5.02 Å². The van der Waals surface area contributed by atoms with E-state index < -0.39 is 0 Å². The number of carbonyl (C=O) groups is 1. The summed E-state index contributed by atoms with van der Waals surface area (Å²) in [7, 11) is 1.57. The normalized spacial score (nSPS) is 10.7. The second-order valence-electron chi connectivity index (χ2n) is 5.59. The second kappa shape index (κ2) is 8.73. The van der Waals surface area contributed by atoms with Gasteiger partial charge in [-0.15, -0.1) is 23.1 Å². The first-order chi connectivity index (χ1) is 13.0. The Hall–Kier alpha value is -2.09. The van der Waals surface area contributed by atoms with Crippen molar-refractivity contribution >= 4 is 46.3 Å². The van der Waals surface area contributed by atoms with Crippen LogP contribution in [0.25, 0.3) is 11.4 Å². The molecule has 0 unspecified atom stereocenters. The minimum Gasteiger partial charge on any atom is -0.494 e. The summed E-state index contributed by atoms with van der Waals surface area (Å²) in [5, 5.41) is 3.52. The molecule has 1 N–H and O–H groups in total. The summed E-state index contributed by atoms with van der Waals surface area (Å²) in [6.07, 6.45) is 3.22. The molecular weight excluding hydrogens is 402 g/mol. The van der Waals surface area contributed by atoms with Crippen LogP contribution in [-0.4, -0.2) is 28.7 Å². The average molecular weight is 420 g/mol. The fourth-order valence-electron chi connectivity index (χ4n) is 2.45. The predicted molar refractivity (Wildman–Crippen MR) is 112 cm³/mol. The standard InChI is InChI=1S/C19H18ClN3O2S2/c1-4-26-15-6-12(20)5-13(7-15)23-19(24)17-8-16(11(2)27-17)18-21-9-14(25-3)10-22-18/h5-10H,4H2,1-3H3,(H,23,24). The quantitative estimate of drug-likeness (QED) is 0.531. The highest BCUT2D eigenvalue weighted by atomic mass is 35.5. The van der Waals surface area contributed by atoms with Crippen LogP contribution in [0.15, 0.2) is 41.6 Å². The molecule has 0 spiro atoms. The van der Waals surface area contributed by atoms with E-state index in [1.165, 1.54) is 11.3 Å². The van der Waals surface area contributed by atoms with Crippen molar-refractivity contribution in [3.05, 3.63) is 51.4 Å². The molecule has 0 saturated carbocycles. The molecule has 1 amide bonds. The molecule has 0 aliphatic rings. The van der Waals surface area contributed by atoms with E-state index in [2.05, 4.69) is 22.2 Å². The maximum atomic E-state index is 12.7. The first-order valence-electron chi connectivity index (χ1n) is 8.21. The largest absolute Gasteiger partial charge is 0.494 e. The number of nitrogens with zero attached hydrogens (tertiary/aromatic N) is 2. The van der Waals surface area contributed by atoms with Crippen LogP contribution < -0.4 is 10.1 Å². The Morgan fingerprint density at radius 1 is 1.26 bits per heavy atom. The molecule has 0 aliphatic heterocycles. The molecule has 0 aliphatic carbocycles. The van der Waals surface area contributed by atoms with Crippen LogP contribution in [0.3, 0.4) is 0 Å². The molecule has 8 heteroatoms. The van der Waals surface area contributed by atoms with E-state index in [0.29, 0.717) is 27.2 Å². The number of aromatic nitrogens is 2. The van der Waals surface area contributed by atoms with Crippen LogP contribution in [0.4, 0.5) is 5.69 Å². The zero-order valence-corrected chi connectivity index (χ0v) is 17.5. The summed E-state index contributed by atoms with van der Waals surface area (Å²) >= 11 is 9.24. The lowest BCUT2D eigenvalue weighted by molar-refractivity contribution is 0.103. The van der Waals surface area contributed by atoms with Crippen LogP contribution >= 0.6 is 34.7 Å². The molecule has 0 atom stereocenters. The number of ether oxygens (including phenoxy) is 1. The van der Waals surface area contributed by atoms with Crippen molar-refractivity contribution in [2.45, 2.75) is 18.7 Å². The number of thioether (sulfide) groups is 1. The van der Waals surface area contributed by atoms with Gasteiger partial charge in [-0.05, 0) is 36.9 Å². The molecule has 5 nitrogen and oxygen atoms in total. The van der Waals surface area contributed by atoms with Gasteiger partial charge in [0.1, 0.15) is 0 Å². The summed E-state index contributed by atoms with van der Waals surface area (Å²) < 4.78 is 5.08. The number of thiophene rings is 1. The minimum atomic E-state index is -0.183. The van der Waals surface area contributed by atoms with Crippen molar-refractivity contribution in [3.63, 3.8) is 0 Å². The summed E-state index contributed by atoms with van der Waals surface area (Å²) in [5.74, 6) is 1.90. The third-order valence-electron chi connectivity index (χ3n) is 3.69. The molecule has 0 bridgehead atoms. The van der Waals surface area contributed by atoms with E-state index in [-0.39, 0.29) is 5.91 Å². The lowest BCUT2D eigenvalue weighted by Gasteiger charge is -2.07. The molecule has 3 rings (SSSR count). The van der Waals surface area contributed by atoms with Gasteiger partial charge in [-0.3, -0.25) is 4.79 Å². The van der Waals surface area contributed by atoms with Crippen LogP contribution in [0.5, 0.6) is 5.75 Å². The van der Waals surface area contributed by atoms with Gasteiger partial charge in [0.25, 0.3) is 5.91 Å². The Kier molecular flexibility index (Phi) is 6.36. The van der Waals surface area contributed by atoms with Crippen molar-refractivity contribution in [3.8, 4) is 17.1 Å². The van der Waals surface area contributed by atoms with E-state index in [9.17, 15) is 4.79 Å². The Bertz CT molecular complexity index is 958. The first kappa shape index (κ1) is 19.7. The predicted octanol–water partition coefficient (Wildman–Crippen LogP) is 5.54. The Balaban J connectivity index is 1.81. The van der Waals surface area contributed by atoms with Gasteiger partial charge in [-0.1, -0.05) is 18.5 Å². The average Bonchev–Trinajstić information content (AvgIpc) is 3.03. The van der Waals surface area contributed by atoms with Crippen LogP contribution in [0.1, 0.15) is 21.5 Å². The SMILES string of the molecule is CCSc1cc(Cl)cc(NC(=O)c2cc(-c3ncc(OC)cn3)c(C)s2)c1. The number of hydrogen-bond donors (Lipinski definition) is 1. The van der Waals surface area contributed by atoms with E-state index in [4.69, 9.17) is 16.3 Å². The number of hydrogen-bond acceptors (Lipinski definition) is 6. The van der Waals surface area contributed by atoms with Crippen molar-refractivity contribution in [1.29, 1.82) is 0 Å². The van der Waals surface area contributed by atoms with Crippen molar-refractivity contribution in [1.82, 2.24) is 9.97 Å². The van der Waals surface area contributed by atoms with Gasteiger partial charge in [-0.25, -0.2) is 9.97 Å². The van der Waals surface area contributed by atoms with Gasteiger partial charge in [0, 0.05) is 26.0 Å². The zero-order valence-electron chi connectivity index (χ0n) is 15.1.